The van der Waals surface area contributed by atoms with E-state index in [2.05, 4.69) is 15.3 Å². The number of aryl methyl sites for hydroxylation is 2. The molecule has 2 aromatic heterocycles. The smallest absolute Gasteiger partial charge is 0.430 e. The average molecular weight is 714 g/mol. The summed E-state index contributed by atoms with van der Waals surface area (Å²) < 4.78 is 4.30. The quantitative estimate of drug-likeness (QED) is 0.123. The topological polar surface area (TPSA) is 209 Å². The van der Waals surface area contributed by atoms with Gasteiger partial charge in [0.2, 0.25) is 0 Å². The number of hydrogen-bond acceptors (Lipinski definition) is 10. The van der Waals surface area contributed by atoms with Crippen molar-refractivity contribution in [1.29, 1.82) is 0 Å². The van der Waals surface area contributed by atoms with Gasteiger partial charge in [0, 0.05) is 24.6 Å². The van der Waals surface area contributed by atoms with Gasteiger partial charge in [-0.25, -0.2) is 19.4 Å². The van der Waals surface area contributed by atoms with Crippen LogP contribution >= 0.6 is 11.8 Å². The average Bonchev–Trinajstić information content (AvgIpc) is 3.56. The third-order valence-electron chi connectivity index (χ3n) is 8.68. The highest BCUT2D eigenvalue weighted by Gasteiger charge is 2.63. The first kappa shape index (κ1) is 38.4. The Kier molecular flexibility index (Phi) is 12.3. The van der Waals surface area contributed by atoms with Gasteiger partial charge >= 0.3 is 24.1 Å². The third kappa shape index (κ3) is 8.29. The molecule has 2 fully saturated rings. The first-order chi connectivity index (χ1) is 23.6. The number of carbonyl (C=O) groups is 5. The van der Waals surface area contributed by atoms with E-state index in [0.29, 0.717) is 42.2 Å². The summed E-state index contributed by atoms with van der Waals surface area (Å²) in [5, 5.41) is 25.0. The number of carboxylic acid groups (broad SMARTS) is 2. The van der Waals surface area contributed by atoms with Crippen molar-refractivity contribution in [3.05, 3.63) is 48.0 Å². The van der Waals surface area contributed by atoms with Gasteiger partial charge in [0.05, 0.1) is 34.8 Å². The number of hydrazine groups is 1. The molecule has 16 heteroatoms. The second kappa shape index (κ2) is 16.1. The lowest BCUT2D eigenvalue weighted by molar-refractivity contribution is -0.145. The molecular formula is C34H47N7O8S. The molecule has 4 heterocycles. The molecule has 50 heavy (non-hydrogen) atoms. The fourth-order valence-electron chi connectivity index (χ4n) is 6.46. The number of carboxylic acids is 2. The Morgan fingerprint density at radius 2 is 1.76 bits per heavy atom. The largest absolute Gasteiger partial charge is 0.481 e. The summed E-state index contributed by atoms with van der Waals surface area (Å²) in [5.74, 6) is -2.69. The molecule has 272 valence electrons. The summed E-state index contributed by atoms with van der Waals surface area (Å²) in [6.45, 7) is 8.61. The fraction of sp³-hybridized carbons (Fsp3) is 0.559. The SMILES string of the molecule is Cc1ncccc1N1C(=O)N[C@H]2CS[C@](CCCCC(=O)O)(C(=O)N(c3cccnc3C)N(C(=O)OC(C)(C)C)[C@@H](CCCCN)C(=O)O)[C@H]21. The zero-order valence-corrected chi connectivity index (χ0v) is 29.9. The predicted octanol–water partition coefficient (Wildman–Crippen LogP) is 4.26. The highest BCUT2D eigenvalue weighted by atomic mass is 32.2. The molecule has 0 bridgehead atoms. The fourth-order valence-corrected chi connectivity index (χ4v) is 8.15. The molecule has 0 radical (unpaired) electrons. The van der Waals surface area contributed by atoms with Crippen molar-refractivity contribution in [1.82, 2.24) is 20.3 Å². The normalized spacial score (nSPS) is 20.5. The summed E-state index contributed by atoms with van der Waals surface area (Å²) in [7, 11) is 0. The predicted molar refractivity (Wildman–Crippen MR) is 188 cm³/mol. The van der Waals surface area contributed by atoms with E-state index in [-0.39, 0.29) is 37.8 Å². The van der Waals surface area contributed by atoms with E-state index in [0.717, 1.165) is 10.0 Å². The van der Waals surface area contributed by atoms with Crippen LogP contribution in [-0.2, 0) is 19.1 Å². The van der Waals surface area contributed by atoms with Crippen LogP contribution in [0.25, 0.3) is 0 Å². The Morgan fingerprint density at radius 1 is 1.08 bits per heavy atom. The second-order valence-corrected chi connectivity index (χ2v) is 14.8. The van der Waals surface area contributed by atoms with Crippen LogP contribution < -0.4 is 21.0 Å². The Hall–Kier alpha value is -4.44. The van der Waals surface area contributed by atoms with Crippen molar-refractivity contribution in [2.45, 2.75) is 108 Å². The minimum atomic E-state index is -1.55. The van der Waals surface area contributed by atoms with E-state index in [9.17, 15) is 29.4 Å². The van der Waals surface area contributed by atoms with Gasteiger partial charge in [-0.2, -0.15) is 5.01 Å². The van der Waals surface area contributed by atoms with Crippen LogP contribution in [-0.4, -0.2) is 95.9 Å². The zero-order valence-electron chi connectivity index (χ0n) is 29.1. The number of amides is 4. The lowest BCUT2D eigenvalue weighted by atomic mass is 9.86. The van der Waals surface area contributed by atoms with Gasteiger partial charge in [-0.3, -0.25) is 24.5 Å². The van der Waals surface area contributed by atoms with Crippen molar-refractivity contribution in [3.8, 4) is 0 Å². The van der Waals surface area contributed by atoms with Gasteiger partial charge in [-0.05, 0) is 97.5 Å². The molecule has 5 N–H and O–H groups in total. The number of unbranched alkanes of at least 4 members (excludes halogenated alkanes) is 2. The minimum Gasteiger partial charge on any atom is -0.481 e. The molecule has 0 saturated carbocycles. The number of aliphatic carboxylic acids is 2. The Morgan fingerprint density at radius 3 is 2.36 bits per heavy atom. The number of hydrogen-bond donors (Lipinski definition) is 4. The van der Waals surface area contributed by atoms with Gasteiger partial charge in [0.15, 0.2) is 6.04 Å². The summed E-state index contributed by atoms with van der Waals surface area (Å²) in [5.41, 5.74) is 6.20. The number of aromatic nitrogens is 2. The molecule has 2 aliphatic heterocycles. The van der Waals surface area contributed by atoms with Crippen molar-refractivity contribution in [2.24, 2.45) is 5.73 Å². The molecule has 4 atom stereocenters. The Bertz CT molecular complexity index is 1590. The van der Waals surface area contributed by atoms with Gasteiger partial charge < -0.3 is 26.0 Å². The highest BCUT2D eigenvalue weighted by Crippen LogP contribution is 2.50. The Labute approximate surface area is 295 Å². The van der Waals surface area contributed by atoms with Crippen LogP contribution in [0, 0.1) is 13.8 Å². The van der Waals surface area contributed by atoms with Gasteiger partial charge in [0.1, 0.15) is 10.3 Å². The molecule has 4 rings (SSSR count). The van der Waals surface area contributed by atoms with E-state index in [4.69, 9.17) is 10.5 Å². The first-order valence-electron chi connectivity index (χ1n) is 16.7. The van der Waals surface area contributed by atoms with Crippen LogP contribution in [0.5, 0.6) is 0 Å². The molecule has 0 aliphatic carbocycles. The molecule has 0 aromatic carbocycles. The molecule has 15 nitrogen and oxygen atoms in total. The summed E-state index contributed by atoms with van der Waals surface area (Å²) >= 11 is 1.29. The number of fused-ring (bicyclic) bond motifs is 1. The van der Waals surface area contributed by atoms with Crippen molar-refractivity contribution in [3.63, 3.8) is 0 Å². The molecule has 2 aliphatic rings. The maximum absolute atomic E-state index is 15.7. The summed E-state index contributed by atoms with van der Waals surface area (Å²) in [4.78, 5) is 78.5. The lowest BCUT2D eigenvalue weighted by Gasteiger charge is -2.45. The molecule has 0 unspecified atom stereocenters. The van der Waals surface area contributed by atoms with Gasteiger partial charge in [-0.1, -0.05) is 6.42 Å². The van der Waals surface area contributed by atoms with E-state index in [1.54, 1.807) is 65.1 Å². The molecule has 0 spiro atoms. The van der Waals surface area contributed by atoms with Crippen LogP contribution in [0.15, 0.2) is 36.7 Å². The lowest BCUT2D eigenvalue weighted by Crippen LogP contribution is -2.66. The number of rotatable bonds is 14. The van der Waals surface area contributed by atoms with Crippen molar-refractivity contribution < 1.29 is 38.9 Å². The number of thioether (sulfide) groups is 1. The number of nitrogens with zero attached hydrogens (tertiary/aromatic N) is 5. The van der Waals surface area contributed by atoms with Crippen molar-refractivity contribution >= 4 is 53.1 Å². The highest BCUT2D eigenvalue weighted by molar-refractivity contribution is 8.01. The van der Waals surface area contributed by atoms with Gasteiger partial charge in [-0.15, -0.1) is 11.8 Å². The van der Waals surface area contributed by atoms with Gasteiger partial charge in [0.25, 0.3) is 5.91 Å². The molecule has 2 saturated heterocycles. The van der Waals surface area contributed by atoms with Crippen LogP contribution in [0.4, 0.5) is 21.0 Å². The molecule has 2 aromatic rings. The van der Waals surface area contributed by atoms with E-state index >= 15 is 4.79 Å². The summed E-state index contributed by atoms with van der Waals surface area (Å²) in [6, 6.07) is 3.27. The van der Waals surface area contributed by atoms with Crippen LogP contribution in [0.1, 0.15) is 77.1 Å². The maximum atomic E-state index is 15.7. The van der Waals surface area contributed by atoms with Crippen LogP contribution in [0.2, 0.25) is 0 Å². The van der Waals surface area contributed by atoms with E-state index in [1.807, 2.05) is 0 Å². The number of ether oxygens (including phenoxy) is 1. The Balaban J connectivity index is 1.97. The third-order valence-corrected chi connectivity index (χ3v) is 10.3. The number of nitrogens with one attached hydrogen (secondary N) is 1. The van der Waals surface area contributed by atoms with E-state index < -0.39 is 58.4 Å². The maximum Gasteiger partial charge on any atom is 0.430 e. The second-order valence-electron chi connectivity index (χ2n) is 13.5. The number of pyridine rings is 2. The standard InChI is InChI=1S/C34H47N7O8S/c1-21-24(13-10-18-36-21)39-28-23(38-31(39)47)20-50-34(28,16-8-6-15-27(42)43)30(46)40(25-14-11-19-37-22(25)2)41(32(48)49-33(3,4)5)26(29(44)45)12-7-9-17-35/h10-11,13-14,18-19,23,26,28H,6-9,12,15-17,20,35H2,1-5H3,(H,38,47)(H,42,43)(H,44,45)/t23-,26-,28-,34-/m0/s1. The first-order valence-corrected chi connectivity index (χ1v) is 17.7. The zero-order chi connectivity index (χ0) is 36.8. The number of nitrogens with two attached hydrogens (primary N) is 1. The number of urea groups is 1. The molecule has 4 amide bonds. The monoisotopic (exact) mass is 713 g/mol. The van der Waals surface area contributed by atoms with E-state index in [1.165, 1.54) is 22.9 Å². The number of carbonyl (C=O) groups excluding carboxylic acids is 3. The number of anilines is 2. The molecular weight excluding hydrogens is 666 g/mol. The van der Waals surface area contributed by atoms with Crippen LogP contribution in [0.3, 0.4) is 0 Å². The minimum absolute atomic E-state index is 0.0410. The summed E-state index contributed by atoms with van der Waals surface area (Å²) in [6.07, 6.45) is 3.34. The van der Waals surface area contributed by atoms with Crippen molar-refractivity contribution in [2.75, 3.05) is 22.2 Å².